The molecule has 5 nitrogen and oxygen atoms in total. The second-order valence-electron chi connectivity index (χ2n) is 7.71. The Labute approximate surface area is 139 Å². The van der Waals surface area contributed by atoms with Gasteiger partial charge in [-0.25, -0.2) is 4.79 Å². The van der Waals surface area contributed by atoms with Crippen LogP contribution in [0.4, 0.5) is 4.79 Å². The quantitative estimate of drug-likeness (QED) is 0.840. The summed E-state index contributed by atoms with van der Waals surface area (Å²) in [6.45, 7) is 3.94. The lowest BCUT2D eigenvalue weighted by Gasteiger charge is -2.43. The summed E-state index contributed by atoms with van der Waals surface area (Å²) in [5.41, 5.74) is 0. The number of hydrogen-bond donors (Lipinski definition) is 2. The summed E-state index contributed by atoms with van der Waals surface area (Å²) in [7, 11) is 0. The first kappa shape index (κ1) is 16.7. The van der Waals surface area contributed by atoms with Crippen molar-refractivity contribution in [2.45, 2.75) is 76.8 Å². The lowest BCUT2D eigenvalue weighted by atomic mass is 9.75. The molecule has 0 aromatic carbocycles. The molecule has 3 atom stereocenters. The lowest BCUT2D eigenvalue weighted by Crippen LogP contribution is -2.54. The van der Waals surface area contributed by atoms with Crippen molar-refractivity contribution in [2.24, 2.45) is 11.8 Å². The van der Waals surface area contributed by atoms with Crippen molar-refractivity contribution < 1.29 is 9.59 Å². The topological polar surface area (TPSA) is 61.4 Å². The number of rotatable bonds is 3. The van der Waals surface area contributed by atoms with Crippen LogP contribution in [0, 0.1) is 11.8 Å². The van der Waals surface area contributed by atoms with E-state index in [1.807, 2.05) is 6.92 Å². The average molecular weight is 321 g/mol. The van der Waals surface area contributed by atoms with Crippen molar-refractivity contribution in [2.75, 3.05) is 13.1 Å². The number of imide groups is 1. The van der Waals surface area contributed by atoms with Crippen molar-refractivity contribution in [3.8, 4) is 0 Å². The zero-order chi connectivity index (χ0) is 16.2. The monoisotopic (exact) mass is 321 g/mol. The van der Waals surface area contributed by atoms with Crippen LogP contribution in [0.1, 0.15) is 64.7 Å². The fraction of sp³-hybridized carbons (Fsp3) is 0.889. The molecule has 3 fully saturated rings. The summed E-state index contributed by atoms with van der Waals surface area (Å²) in [6, 6.07) is -0.287. The highest BCUT2D eigenvalue weighted by Crippen LogP contribution is 2.36. The number of urea groups is 1. The number of carbonyl (C=O) groups excluding carboxylic acids is 2. The molecule has 0 bridgehead atoms. The molecule has 0 radical (unpaired) electrons. The number of likely N-dealkylation sites (tertiary alicyclic amines) is 1. The maximum Gasteiger partial charge on any atom is 0.321 e. The highest BCUT2D eigenvalue weighted by Gasteiger charge is 2.34. The van der Waals surface area contributed by atoms with Crippen molar-refractivity contribution in [3.05, 3.63) is 0 Å². The van der Waals surface area contributed by atoms with Gasteiger partial charge in [-0.1, -0.05) is 32.1 Å². The van der Waals surface area contributed by atoms with Gasteiger partial charge >= 0.3 is 6.03 Å². The molecular weight excluding hydrogens is 290 g/mol. The molecule has 1 saturated heterocycles. The van der Waals surface area contributed by atoms with E-state index in [4.69, 9.17) is 0 Å². The highest BCUT2D eigenvalue weighted by molar-refractivity contribution is 5.96. The Morgan fingerprint density at radius 1 is 0.957 bits per heavy atom. The first-order valence-electron chi connectivity index (χ1n) is 9.49. The summed E-state index contributed by atoms with van der Waals surface area (Å²) < 4.78 is 0. The van der Waals surface area contributed by atoms with Crippen LogP contribution in [-0.2, 0) is 4.79 Å². The smallest absolute Gasteiger partial charge is 0.321 e. The standard InChI is InChI=1S/C18H31N3O2/c1-13(17(22)20-18(23)19-16-8-4-5-9-16)21-11-10-14-6-2-3-7-15(14)12-21/h13-16H,2-12H2,1H3,(H2,19,20,22,23). The van der Waals surface area contributed by atoms with Crippen molar-refractivity contribution in [1.82, 2.24) is 15.5 Å². The largest absolute Gasteiger partial charge is 0.335 e. The molecule has 3 rings (SSSR count). The van der Waals surface area contributed by atoms with E-state index in [2.05, 4.69) is 15.5 Å². The molecule has 3 amide bonds. The molecule has 23 heavy (non-hydrogen) atoms. The first-order chi connectivity index (χ1) is 11.1. The van der Waals surface area contributed by atoms with Crippen LogP contribution in [0.2, 0.25) is 0 Å². The van der Waals surface area contributed by atoms with Crippen LogP contribution in [0.15, 0.2) is 0 Å². The van der Waals surface area contributed by atoms with E-state index in [1.54, 1.807) is 0 Å². The third-order valence-electron chi connectivity index (χ3n) is 6.18. The summed E-state index contributed by atoms with van der Waals surface area (Å²) in [5.74, 6) is 1.45. The van der Waals surface area contributed by atoms with Crippen LogP contribution >= 0.6 is 0 Å². The molecule has 3 aliphatic rings. The molecule has 2 aliphatic carbocycles. The third-order valence-corrected chi connectivity index (χ3v) is 6.18. The Morgan fingerprint density at radius 2 is 1.61 bits per heavy atom. The van der Waals surface area contributed by atoms with Gasteiger partial charge in [0.2, 0.25) is 5.91 Å². The van der Waals surface area contributed by atoms with Crippen molar-refractivity contribution in [1.29, 1.82) is 0 Å². The normalized spacial score (nSPS) is 30.5. The SMILES string of the molecule is CC(C(=O)NC(=O)NC1CCCC1)N1CCC2CCCCC2C1. The lowest BCUT2D eigenvalue weighted by molar-refractivity contribution is -0.126. The average Bonchev–Trinajstić information content (AvgIpc) is 3.06. The number of carbonyl (C=O) groups is 2. The minimum Gasteiger partial charge on any atom is -0.335 e. The molecule has 1 aliphatic heterocycles. The zero-order valence-corrected chi connectivity index (χ0v) is 14.4. The number of amides is 3. The van der Waals surface area contributed by atoms with E-state index < -0.39 is 0 Å². The van der Waals surface area contributed by atoms with Crippen molar-refractivity contribution >= 4 is 11.9 Å². The van der Waals surface area contributed by atoms with E-state index in [1.165, 1.54) is 44.9 Å². The molecule has 130 valence electrons. The molecule has 1 heterocycles. The van der Waals surface area contributed by atoms with E-state index in [-0.39, 0.29) is 24.0 Å². The summed E-state index contributed by atoms with van der Waals surface area (Å²) >= 11 is 0. The van der Waals surface area contributed by atoms with E-state index in [0.717, 1.165) is 37.8 Å². The van der Waals surface area contributed by atoms with Gasteiger partial charge in [-0.3, -0.25) is 15.0 Å². The summed E-state index contributed by atoms with van der Waals surface area (Å²) in [5, 5.41) is 5.47. The Bertz CT molecular complexity index is 434. The number of nitrogens with one attached hydrogen (secondary N) is 2. The molecule has 5 heteroatoms. The van der Waals surface area contributed by atoms with Crippen LogP contribution in [0.3, 0.4) is 0 Å². The third kappa shape index (κ3) is 4.25. The number of fused-ring (bicyclic) bond motifs is 1. The van der Waals surface area contributed by atoms with Crippen LogP contribution in [0.25, 0.3) is 0 Å². The van der Waals surface area contributed by atoms with Gasteiger partial charge in [-0.15, -0.1) is 0 Å². The number of hydrogen-bond acceptors (Lipinski definition) is 3. The Kier molecular flexibility index (Phi) is 5.57. The van der Waals surface area contributed by atoms with Gasteiger partial charge < -0.3 is 5.32 Å². The molecule has 0 spiro atoms. The zero-order valence-electron chi connectivity index (χ0n) is 14.4. The van der Waals surface area contributed by atoms with Gasteiger partial charge in [-0.05, 0) is 51.0 Å². The summed E-state index contributed by atoms with van der Waals surface area (Å²) in [4.78, 5) is 26.6. The van der Waals surface area contributed by atoms with Gasteiger partial charge in [0.15, 0.2) is 0 Å². The number of nitrogens with zero attached hydrogens (tertiary/aromatic N) is 1. The van der Waals surface area contributed by atoms with E-state index in [9.17, 15) is 9.59 Å². The minimum absolute atomic E-state index is 0.158. The number of piperidine rings is 1. The Balaban J connectivity index is 1.45. The molecule has 0 aromatic heterocycles. The van der Waals surface area contributed by atoms with Crippen LogP contribution in [-0.4, -0.2) is 42.0 Å². The molecule has 3 unspecified atom stereocenters. The van der Waals surface area contributed by atoms with Crippen LogP contribution < -0.4 is 10.6 Å². The summed E-state index contributed by atoms with van der Waals surface area (Å²) in [6.07, 6.45) is 11.0. The predicted octanol–water partition coefficient (Wildman–Crippen LogP) is 2.66. The van der Waals surface area contributed by atoms with Gasteiger partial charge in [0, 0.05) is 12.6 Å². The maximum absolute atomic E-state index is 12.4. The van der Waals surface area contributed by atoms with Gasteiger partial charge in [0.1, 0.15) is 0 Å². The van der Waals surface area contributed by atoms with Crippen LogP contribution in [0.5, 0.6) is 0 Å². The Hall–Kier alpha value is -1.10. The minimum atomic E-state index is -0.318. The van der Waals surface area contributed by atoms with E-state index in [0.29, 0.717) is 0 Å². The van der Waals surface area contributed by atoms with E-state index >= 15 is 0 Å². The predicted molar refractivity (Wildman–Crippen MR) is 90.0 cm³/mol. The molecule has 0 aromatic rings. The maximum atomic E-state index is 12.4. The molecular formula is C18H31N3O2. The Morgan fingerprint density at radius 3 is 2.35 bits per heavy atom. The highest BCUT2D eigenvalue weighted by atomic mass is 16.2. The van der Waals surface area contributed by atoms with Gasteiger partial charge in [0.25, 0.3) is 0 Å². The molecule has 2 N–H and O–H groups in total. The fourth-order valence-electron chi connectivity index (χ4n) is 4.65. The second kappa shape index (κ2) is 7.65. The van der Waals surface area contributed by atoms with Gasteiger partial charge in [0.05, 0.1) is 6.04 Å². The fourth-order valence-corrected chi connectivity index (χ4v) is 4.65. The van der Waals surface area contributed by atoms with Crippen molar-refractivity contribution in [3.63, 3.8) is 0 Å². The molecule has 2 saturated carbocycles. The van der Waals surface area contributed by atoms with Gasteiger partial charge in [-0.2, -0.15) is 0 Å². The second-order valence-corrected chi connectivity index (χ2v) is 7.71. The first-order valence-corrected chi connectivity index (χ1v) is 9.49.